The number of nitrogens with zero attached hydrogens (tertiary/aromatic N) is 1. The van der Waals surface area contributed by atoms with Gasteiger partial charge in [0.2, 0.25) is 0 Å². The maximum Gasteiger partial charge on any atom is 0.0438 e. The highest BCUT2D eigenvalue weighted by molar-refractivity contribution is 5.26. The van der Waals surface area contributed by atoms with E-state index in [0.717, 1.165) is 5.92 Å². The zero-order chi connectivity index (χ0) is 8.55. The van der Waals surface area contributed by atoms with E-state index >= 15 is 0 Å². The number of hydrogen-bond donors (Lipinski definition) is 0. The molecule has 0 spiro atoms. The Bertz CT molecular complexity index is 291. The molecule has 0 N–H and O–H groups in total. The molecule has 1 atom stereocenters. The van der Waals surface area contributed by atoms with Crippen molar-refractivity contribution in [2.24, 2.45) is 5.92 Å². The Hall–Kier alpha value is -0.850. The molecule has 1 aromatic rings. The Morgan fingerprint density at radius 2 is 2.33 bits per heavy atom. The van der Waals surface area contributed by atoms with Crippen LogP contribution in [-0.2, 0) is 12.8 Å². The minimum atomic E-state index is 0.827. The van der Waals surface area contributed by atoms with E-state index in [2.05, 4.69) is 24.9 Å². The van der Waals surface area contributed by atoms with Crippen LogP contribution in [0.2, 0.25) is 0 Å². The summed E-state index contributed by atoms with van der Waals surface area (Å²) in [6, 6.07) is 2.29. The van der Waals surface area contributed by atoms with E-state index in [1.165, 1.54) is 36.1 Å². The molecule has 0 saturated carbocycles. The number of hydrogen-bond acceptors (Lipinski definition) is 1. The third-order valence-corrected chi connectivity index (χ3v) is 2.64. The van der Waals surface area contributed by atoms with Crippen molar-refractivity contribution in [3.05, 3.63) is 29.1 Å². The van der Waals surface area contributed by atoms with Crippen LogP contribution in [0.3, 0.4) is 0 Å². The minimum Gasteiger partial charge on any atom is -0.261 e. The van der Waals surface area contributed by atoms with Crippen molar-refractivity contribution in [1.29, 1.82) is 0 Å². The molecule has 0 radical (unpaired) electrons. The molecule has 1 heteroatoms. The first-order valence-corrected chi connectivity index (χ1v) is 4.70. The molecule has 1 aliphatic rings. The molecule has 64 valence electrons. The predicted molar refractivity (Wildman–Crippen MR) is 50.2 cm³/mol. The molecule has 2 rings (SSSR count). The summed E-state index contributed by atoms with van der Waals surface area (Å²) in [5.74, 6) is 0.827. The summed E-state index contributed by atoms with van der Waals surface area (Å²) in [4.78, 5) is 4.47. The maximum absolute atomic E-state index is 4.47. The second-order valence-corrected chi connectivity index (χ2v) is 3.97. The highest BCUT2D eigenvalue weighted by Crippen LogP contribution is 2.23. The standard InChI is InChI=1S/C11H15N/c1-8-3-4-10-5-9(2)7-12-11(10)6-8/h5,7-8H,3-4,6H2,1-2H3/t8-/m0/s1. The smallest absolute Gasteiger partial charge is 0.0438 e. The summed E-state index contributed by atoms with van der Waals surface area (Å²) < 4.78 is 0. The molecule has 1 heterocycles. The van der Waals surface area contributed by atoms with Crippen molar-refractivity contribution in [3.63, 3.8) is 0 Å². The molecule has 0 fully saturated rings. The van der Waals surface area contributed by atoms with Gasteiger partial charge in [-0.25, -0.2) is 0 Å². The van der Waals surface area contributed by atoms with Gasteiger partial charge < -0.3 is 0 Å². The molecule has 0 amide bonds. The molecule has 0 bridgehead atoms. The van der Waals surface area contributed by atoms with Gasteiger partial charge in [-0.1, -0.05) is 13.0 Å². The lowest BCUT2D eigenvalue weighted by Gasteiger charge is -2.20. The average molecular weight is 161 g/mol. The van der Waals surface area contributed by atoms with Gasteiger partial charge in [0.15, 0.2) is 0 Å². The summed E-state index contributed by atoms with van der Waals surface area (Å²) >= 11 is 0. The predicted octanol–water partition coefficient (Wildman–Crippen LogP) is 2.51. The molecule has 0 aromatic carbocycles. The maximum atomic E-state index is 4.47. The minimum absolute atomic E-state index is 0.827. The number of aryl methyl sites for hydroxylation is 2. The summed E-state index contributed by atoms with van der Waals surface area (Å²) in [5, 5.41) is 0. The molecule has 0 aliphatic heterocycles. The molecule has 1 nitrogen and oxygen atoms in total. The van der Waals surface area contributed by atoms with Gasteiger partial charge in [0, 0.05) is 11.9 Å². The third-order valence-electron chi connectivity index (χ3n) is 2.64. The van der Waals surface area contributed by atoms with E-state index in [4.69, 9.17) is 0 Å². The first-order chi connectivity index (χ1) is 5.75. The number of fused-ring (bicyclic) bond motifs is 1. The normalized spacial score (nSPS) is 22.0. The van der Waals surface area contributed by atoms with E-state index in [1.807, 2.05) is 6.20 Å². The van der Waals surface area contributed by atoms with Gasteiger partial charge in [-0.15, -0.1) is 0 Å². The Balaban J connectivity index is 2.37. The van der Waals surface area contributed by atoms with Crippen molar-refractivity contribution in [2.75, 3.05) is 0 Å². The molecule has 12 heavy (non-hydrogen) atoms. The SMILES string of the molecule is Cc1cnc2c(c1)CC[C@H](C)C2. The first-order valence-electron chi connectivity index (χ1n) is 4.70. The fraction of sp³-hybridized carbons (Fsp3) is 0.545. The van der Waals surface area contributed by atoms with Crippen LogP contribution in [0.1, 0.15) is 30.2 Å². The van der Waals surface area contributed by atoms with E-state index in [-0.39, 0.29) is 0 Å². The van der Waals surface area contributed by atoms with Crippen molar-refractivity contribution >= 4 is 0 Å². The van der Waals surface area contributed by atoms with Crippen molar-refractivity contribution in [3.8, 4) is 0 Å². The summed E-state index contributed by atoms with van der Waals surface area (Å²) in [5.41, 5.74) is 4.11. The van der Waals surface area contributed by atoms with Gasteiger partial charge in [0.1, 0.15) is 0 Å². The molecule has 0 unspecified atom stereocenters. The van der Waals surface area contributed by atoms with Crippen LogP contribution in [0, 0.1) is 12.8 Å². The molecular weight excluding hydrogens is 146 g/mol. The Labute approximate surface area is 73.8 Å². The second kappa shape index (κ2) is 2.89. The van der Waals surface area contributed by atoms with Crippen molar-refractivity contribution in [2.45, 2.75) is 33.1 Å². The van der Waals surface area contributed by atoms with Crippen molar-refractivity contribution in [1.82, 2.24) is 4.98 Å². The second-order valence-electron chi connectivity index (χ2n) is 3.97. The number of pyridine rings is 1. The van der Waals surface area contributed by atoms with Crippen LogP contribution in [0.15, 0.2) is 12.3 Å². The fourth-order valence-corrected chi connectivity index (χ4v) is 1.89. The first kappa shape index (κ1) is 7.78. The molecule has 1 aliphatic carbocycles. The summed E-state index contributed by atoms with van der Waals surface area (Å²) in [6.45, 7) is 4.43. The topological polar surface area (TPSA) is 12.9 Å². The highest BCUT2D eigenvalue weighted by Gasteiger charge is 2.15. The zero-order valence-corrected chi connectivity index (χ0v) is 7.80. The van der Waals surface area contributed by atoms with Crippen LogP contribution >= 0.6 is 0 Å². The van der Waals surface area contributed by atoms with E-state index in [9.17, 15) is 0 Å². The lowest BCUT2D eigenvalue weighted by atomic mass is 9.88. The molecule has 0 saturated heterocycles. The largest absolute Gasteiger partial charge is 0.261 e. The van der Waals surface area contributed by atoms with Crippen LogP contribution in [-0.4, -0.2) is 4.98 Å². The number of aromatic nitrogens is 1. The molecule has 1 aromatic heterocycles. The van der Waals surface area contributed by atoms with Gasteiger partial charge >= 0.3 is 0 Å². The van der Waals surface area contributed by atoms with E-state index in [1.54, 1.807) is 0 Å². The van der Waals surface area contributed by atoms with Crippen LogP contribution in [0.25, 0.3) is 0 Å². The Morgan fingerprint density at radius 1 is 1.50 bits per heavy atom. The van der Waals surface area contributed by atoms with Crippen LogP contribution in [0.5, 0.6) is 0 Å². The fourth-order valence-electron chi connectivity index (χ4n) is 1.89. The lowest BCUT2D eigenvalue weighted by Crippen LogP contribution is -2.12. The monoisotopic (exact) mass is 161 g/mol. The summed E-state index contributed by atoms with van der Waals surface area (Å²) in [7, 11) is 0. The molecular formula is C11H15N. The van der Waals surface area contributed by atoms with Crippen molar-refractivity contribution < 1.29 is 0 Å². The van der Waals surface area contributed by atoms with Gasteiger partial charge in [-0.3, -0.25) is 4.98 Å². The van der Waals surface area contributed by atoms with E-state index < -0.39 is 0 Å². The Morgan fingerprint density at radius 3 is 3.17 bits per heavy atom. The third kappa shape index (κ3) is 1.36. The quantitative estimate of drug-likeness (QED) is 0.569. The van der Waals surface area contributed by atoms with Crippen LogP contribution < -0.4 is 0 Å². The van der Waals surface area contributed by atoms with Gasteiger partial charge in [0.05, 0.1) is 0 Å². The Kier molecular flexibility index (Phi) is 1.87. The average Bonchev–Trinajstić information content (AvgIpc) is 2.05. The highest BCUT2D eigenvalue weighted by atomic mass is 14.7. The zero-order valence-electron chi connectivity index (χ0n) is 7.80. The summed E-state index contributed by atoms with van der Waals surface area (Å²) in [6.07, 6.45) is 5.72. The van der Waals surface area contributed by atoms with E-state index in [0.29, 0.717) is 0 Å². The van der Waals surface area contributed by atoms with Gasteiger partial charge in [-0.05, 0) is 43.2 Å². The number of rotatable bonds is 0. The van der Waals surface area contributed by atoms with Gasteiger partial charge in [0.25, 0.3) is 0 Å². The lowest BCUT2D eigenvalue weighted by molar-refractivity contribution is 0.492. The van der Waals surface area contributed by atoms with Crippen LogP contribution in [0.4, 0.5) is 0 Å². The van der Waals surface area contributed by atoms with Gasteiger partial charge in [-0.2, -0.15) is 0 Å².